The Balaban J connectivity index is 1.89. The van der Waals surface area contributed by atoms with E-state index in [1.165, 1.54) is 5.69 Å². The zero-order valence-corrected chi connectivity index (χ0v) is 16.1. The number of benzene rings is 2. The average molecular weight is 355 g/mol. The molecule has 0 saturated carbocycles. The normalized spacial score (nSPS) is 10.3. The molecule has 0 aliphatic carbocycles. The summed E-state index contributed by atoms with van der Waals surface area (Å²) < 4.78 is 5.33. The summed E-state index contributed by atoms with van der Waals surface area (Å²) in [5, 5.41) is 5.83. The van der Waals surface area contributed by atoms with E-state index in [4.69, 9.17) is 4.74 Å². The van der Waals surface area contributed by atoms with Crippen LogP contribution in [0.15, 0.2) is 42.5 Å². The summed E-state index contributed by atoms with van der Waals surface area (Å²) in [6, 6.07) is 13.8. The first kappa shape index (κ1) is 19.6. The van der Waals surface area contributed by atoms with E-state index in [-0.39, 0.29) is 6.03 Å². The summed E-state index contributed by atoms with van der Waals surface area (Å²) in [6.45, 7) is 8.76. The van der Waals surface area contributed by atoms with Gasteiger partial charge in [0.2, 0.25) is 0 Å². The van der Waals surface area contributed by atoms with Gasteiger partial charge in [-0.05, 0) is 62.6 Å². The second-order valence-corrected chi connectivity index (χ2v) is 6.11. The minimum absolute atomic E-state index is 0.196. The molecule has 0 radical (unpaired) electrons. The maximum Gasteiger partial charge on any atom is 0.319 e. The van der Waals surface area contributed by atoms with Gasteiger partial charge in [-0.25, -0.2) is 4.79 Å². The first-order valence-corrected chi connectivity index (χ1v) is 9.11. The molecule has 0 saturated heterocycles. The zero-order valence-electron chi connectivity index (χ0n) is 16.1. The lowest BCUT2D eigenvalue weighted by molar-refractivity contribution is 0.252. The molecule has 26 heavy (non-hydrogen) atoms. The minimum atomic E-state index is -0.196. The third-order valence-corrected chi connectivity index (χ3v) is 4.46. The van der Waals surface area contributed by atoms with E-state index in [9.17, 15) is 4.79 Å². The van der Waals surface area contributed by atoms with Crippen molar-refractivity contribution in [1.82, 2.24) is 5.32 Å². The second-order valence-electron chi connectivity index (χ2n) is 6.11. The maximum atomic E-state index is 12.2. The van der Waals surface area contributed by atoms with E-state index in [1.54, 1.807) is 7.11 Å². The molecule has 2 aromatic carbocycles. The van der Waals surface area contributed by atoms with Crippen molar-refractivity contribution in [3.05, 3.63) is 53.6 Å². The Morgan fingerprint density at radius 2 is 1.85 bits per heavy atom. The number of urea groups is 1. The van der Waals surface area contributed by atoms with Gasteiger partial charge in [-0.1, -0.05) is 18.2 Å². The third kappa shape index (κ3) is 5.15. The number of hydrogen-bond donors (Lipinski definition) is 2. The maximum absolute atomic E-state index is 12.2. The summed E-state index contributed by atoms with van der Waals surface area (Å²) >= 11 is 0. The highest BCUT2D eigenvalue weighted by atomic mass is 16.5. The highest BCUT2D eigenvalue weighted by Crippen LogP contribution is 2.22. The Bertz CT molecular complexity index is 727. The number of carbonyl (C=O) groups excluding carboxylic acids is 1. The van der Waals surface area contributed by atoms with E-state index < -0.39 is 0 Å². The van der Waals surface area contributed by atoms with Crippen LogP contribution in [0.1, 0.15) is 25.0 Å². The number of nitrogens with zero attached hydrogens (tertiary/aromatic N) is 1. The standard InChI is InChI=1S/C21H29N3O2/c1-5-24(6-2)18-11-12-19(16(3)15-18)23-21(25)22-14-13-17-9-7-8-10-20(17)26-4/h7-12,15H,5-6,13-14H2,1-4H3,(H2,22,23,25). The van der Waals surface area contributed by atoms with Crippen LogP contribution in [0.25, 0.3) is 0 Å². The van der Waals surface area contributed by atoms with Gasteiger partial charge in [-0.15, -0.1) is 0 Å². The molecule has 0 heterocycles. The van der Waals surface area contributed by atoms with Gasteiger partial charge >= 0.3 is 6.03 Å². The first-order valence-electron chi connectivity index (χ1n) is 9.11. The van der Waals surface area contributed by atoms with Crippen molar-refractivity contribution >= 4 is 17.4 Å². The molecule has 2 N–H and O–H groups in total. The fourth-order valence-electron chi connectivity index (χ4n) is 2.96. The van der Waals surface area contributed by atoms with Crippen molar-refractivity contribution in [2.24, 2.45) is 0 Å². The number of aryl methyl sites for hydroxylation is 1. The van der Waals surface area contributed by atoms with Gasteiger partial charge in [-0.3, -0.25) is 0 Å². The molecule has 0 aliphatic heterocycles. The molecule has 0 spiro atoms. The number of nitrogens with one attached hydrogen (secondary N) is 2. The monoisotopic (exact) mass is 355 g/mol. The number of carbonyl (C=O) groups is 1. The number of amides is 2. The molecule has 0 aromatic heterocycles. The lowest BCUT2D eigenvalue weighted by atomic mass is 10.1. The number of ether oxygens (including phenoxy) is 1. The van der Waals surface area contributed by atoms with Crippen LogP contribution in [0.2, 0.25) is 0 Å². The number of methoxy groups -OCH3 is 1. The number of anilines is 2. The molecule has 140 valence electrons. The van der Waals surface area contributed by atoms with Gasteiger partial charge in [-0.2, -0.15) is 0 Å². The molecule has 2 rings (SSSR count). The van der Waals surface area contributed by atoms with E-state index in [0.29, 0.717) is 6.54 Å². The fourth-order valence-corrected chi connectivity index (χ4v) is 2.96. The number of hydrogen-bond acceptors (Lipinski definition) is 3. The summed E-state index contributed by atoms with van der Waals surface area (Å²) in [7, 11) is 1.66. The molecule has 0 atom stereocenters. The van der Waals surface area contributed by atoms with Gasteiger partial charge in [0, 0.05) is 31.0 Å². The van der Waals surface area contributed by atoms with Crippen molar-refractivity contribution in [3.63, 3.8) is 0 Å². The minimum Gasteiger partial charge on any atom is -0.496 e. The Hall–Kier alpha value is -2.69. The van der Waals surface area contributed by atoms with Gasteiger partial charge < -0.3 is 20.3 Å². The van der Waals surface area contributed by atoms with Crippen molar-refractivity contribution in [2.75, 3.05) is 37.0 Å². The lowest BCUT2D eigenvalue weighted by Gasteiger charge is -2.22. The summed E-state index contributed by atoms with van der Waals surface area (Å²) in [5.41, 5.74) is 4.13. The van der Waals surface area contributed by atoms with Crippen LogP contribution in [-0.4, -0.2) is 32.8 Å². The highest BCUT2D eigenvalue weighted by Gasteiger charge is 2.08. The summed E-state index contributed by atoms with van der Waals surface area (Å²) in [6.07, 6.45) is 0.720. The molecule has 0 aliphatic rings. The largest absolute Gasteiger partial charge is 0.496 e. The van der Waals surface area contributed by atoms with Crippen molar-refractivity contribution in [3.8, 4) is 5.75 Å². The topological polar surface area (TPSA) is 53.6 Å². The predicted molar refractivity (Wildman–Crippen MR) is 108 cm³/mol. The van der Waals surface area contributed by atoms with Crippen LogP contribution < -0.4 is 20.3 Å². The van der Waals surface area contributed by atoms with Gasteiger partial charge in [0.15, 0.2) is 0 Å². The van der Waals surface area contributed by atoms with E-state index in [1.807, 2.05) is 43.3 Å². The number of rotatable bonds is 8. The molecular formula is C21H29N3O2. The molecule has 5 heteroatoms. The molecule has 2 amide bonds. The van der Waals surface area contributed by atoms with Crippen LogP contribution in [0.3, 0.4) is 0 Å². The Labute approximate surface area is 156 Å². The summed E-state index contributed by atoms with van der Waals surface area (Å²) in [4.78, 5) is 14.5. The molecule has 0 bridgehead atoms. The fraction of sp³-hybridized carbons (Fsp3) is 0.381. The molecule has 5 nitrogen and oxygen atoms in total. The van der Waals surface area contributed by atoms with Gasteiger partial charge in [0.05, 0.1) is 7.11 Å². The van der Waals surface area contributed by atoms with E-state index >= 15 is 0 Å². The van der Waals surface area contributed by atoms with Gasteiger partial charge in [0.1, 0.15) is 5.75 Å². The van der Waals surface area contributed by atoms with Crippen LogP contribution >= 0.6 is 0 Å². The Morgan fingerprint density at radius 3 is 2.50 bits per heavy atom. The van der Waals surface area contributed by atoms with Crippen molar-refractivity contribution < 1.29 is 9.53 Å². The summed E-state index contributed by atoms with van der Waals surface area (Å²) in [5.74, 6) is 0.845. The smallest absolute Gasteiger partial charge is 0.319 e. The average Bonchev–Trinajstić information content (AvgIpc) is 2.65. The molecule has 0 unspecified atom stereocenters. The zero-order chi connectivity index (χ0) is 18.9. The van der Waals surface area contributed by atoms with Crippen LogP contribution in [0.5, 0.6) is 5.75 Å². The molecule has 0 fully saturated rings. The van der Waals surface area contributed by atoms with Crippen molar-refractivity contribution in [1.29, 1.82) is 0 Å². The van der Waals surface area contributed by atoms with Crippen LogP contribution in [0, 0.1) is 6.92 Å². The lowest BCUT2D eigenvalue weighted by Crippen LogP contribution is -2.30. The highest BCUT2D eigenvalue weighted by molar-refractivity contribution is 5.90. The van der Waals surface area contributed by atoms with Gasteiger partial charge in [0.25, 0.3) is 0 Å². The predicted octanol–water partition coefficient (Wildman–Crippen LogP) is 4.21. The number of para-hydroxylation sites is 1. The van der Waals surface area contributed by atoms with E-state index in [0.717, 1.165) is 42.1 Å². The third-order valence-electron chi connectivity index (χ3n) is 4.46. The Kier molecular flexibility index (Phi) is 7.33. The Morgan fingerprint density at radius 1 is 1.12 bits per heavy atom. The second kappa shape index (κ2) is 9.70. The molecule has 2 aromatic rings. The van der Waals surface area contributed by atoms with Crippen molar-refractivity contribution in [2.45, 2.75) is 27.2 Å². The quantitative estimate of drug-likeness (QED) is 0.746. The van der Waals surface area contributed by atoms with E-state index in [2.05, 4.69) is 35.4 Å². The van der Waals surface area contributed by atoms with Crippen LogP contribution in [0.4, 0.5) is 16.2 Å². The first-order chi connectivity index (χ1) is 12.6. The SMILES string of the molecule is CCN(CC)c1ccc(NC(=O)NCCc2ccccc2OC)c(C)c1. The van der Waals surface area contributed by atoms with Crippen LogP contribution in [-0.2, 0) is 6.42 Å². The molecular weight excluding hydrogens is 326 g/mol.